The van der Waals surface area contributed by atoms with E-state index in [9.17, 15) is 9.18 Å². The first-order valence-electron chi connectivity index (χ1n) is 3.38. The van der Waals surface area contributed by atoms with E-state index in [0.29, 0.717) is 0 Å². The lowest BCUT2D eigenvalue weighted by molar-refractivity contribution is 0.637. The zero-order valence-corrected chi connectivity index (χ0v) is 6.34. The second-order valence-corrected chi connectivity index (χ2v) is 2.52. The molecule has 5 heteroatoms. The van der Waals surface area contributed by atoms with Crippen molar-refractivity contribution >= 4 is 11.0 Å². The van der Waals surface area contributed by atoms with Gasteiger partial charge >= 0.3 is 0 Å². The minimum absolute atomic E-state index is 0.0139. The second kappa shape index (κ2) is 2.17. The average Bonchev–Trinajstić information content (AvgIpc) is 2.41. The number of aromatic nitrogens is 3. The Hall–Kier alpha value is -1.65. The van der Waals surface area contributed by atoms with Crippen LogP contribution in [0.1, 0.15) is 0 Å². The Balaban J connectivity index is 3.06. The molecule has 2 aromatic rings. The number of aryl methyl sites for hydroxylation is 1. The summed E-state index contributed by atoms with van der Waals surface area (Å²) in [7, 11) is 1.53. The highest BCUT2D eigenvalue weighted by atomic mass is 19.1. The third kappa shape index (κ3) is 0.761. The minimum Gasteiger partial charge on any atom is -0.343 e. The first-order valence-corrected chi connectivity index (χ1v) is 3.38. The number of H-pyrrole nitrogens is 1. The van der Waals surface area contributed by atoms with Gasteiger partial charge in [-0.05, 0) is 0 Å². The van der Waals surface area contributed by atoms with E-state index in [1.807, 2.05) is 0 Å². The molecule has 0 aliphatic carbocycles. The third-order valence-electron chi connectivity index (χ3n) is 1.71. The van der Waals surface area contributed by atoms with Gasteiger partial charge in [0.25, 0.3) is 5.56 Å². The van der Waals surface area contributed by atoms with Gasteiger partial charge in [-0.3, -0.25) is 4.79 Å². The molecule has 0 spiro atoms. The predicted molar refractivity (Wildman–Crippen MR) is 41.3 cm³/mol. The Morgan fingerprint density at radius 2 is 2.42 bits per heavy atom. The van der Waals surface area contributed by atoms with Crippen LogP contribution in [-0.4, -0.2) is 14.5 Å². The molecule has 0 aliphatic rings. The summed E-state index contributed by atoms with van der Waals surface area (Å²) in [6, 6.07) is 0. The Labute approximate surface area is 66.7 Å². The maximum absolute atomic E-state index is 12.9. The van der Waals surface area contributed by atoms with Crippen molar-refractivity contribution in [1.29, 1.82) is 0 Å². The monoisotopic (exact) mass is 167 g/mol. The number of aromatic amines is 1. The molecule has 2 rings (SSSR count). The molecule has 0 unspecified atom stereocenters. The summed E-state index contributed by atoms with van der Waals surface area (Å²) in [5.41, 5.74) is -0.0886. The van der Waals surface area contributed by atoms with Crippen LogP contribution in [0.5, 0.6) is 0 Å². The first-order chi connectivity index (χ1) is 5.70. The van der Waals surface area contributed by atoms with Gasteiger partial charge in [0.15, 0.2) is 5.82 Å². The van der Waals surface area contributed by atoms with Gasteiger partial charge in [0.1, 0.15) is 11.0 Å². The first kappa shape index (κ1) is 7.02. The predicted octanol–water partition coefficient (Wildman–Crippen LogP) is 0.401. The van der Waals surface area contributed by atoms with Crippen LogP contribution in [0.25, 0.3) is 11.0 Å². The lowest BCUT2D eigenvalue weighted by Gasteiger charge is -1.93. The highest BCUT2D eigenvalue weighted by Crippen LogP contribution is 2.07. The summed E-state index contributed by atoms with van der Waals surface area (Å²) in [5, 5.41) is 0.0139. The van der Waals surface area contributed by atoms with Gasteiger partial charge in [0.05, 0.1) is 6.33 Å². The van der Waals surface area contributed by atoms with Crippen molar-refractivity contribution in [2.75, 3.05) is 0 Å². The molecule has 0 amide bonds. The fourth-order valence-corrected chi connectivity index (χ4v) is 1.07. The third-order valence-corrected chi connectivity index (χ3v) is 1.71. The standard InChI is InChI=1S/C7H6FN3O/c1-11-3-10-6-5(7(11)12)4(8)2-9-6/h2-3,9H,1H3. The topological polar surface area (TPSA) is 50.7 Å². The zero-order valence-electron chi connectivity index (χ0n) is 6.34. The molecule has 0 atom stereocenters. The summed E-state index contributed by atoms with van der Waals surface area (Å²) >= 11 is 0. The summed E-state index contributed by atoms with van der Waals surface area (Å²) in [4.78, 5) is 17.7. The molecule has 62 valence electrons. The number of fused-ring (bicyclic) bond motifs is 1. The van der Waals surface area contributed by atoms with Crippen molar-refractivity contribution in [3.8, 4) is 0 Å². The molecule has 0 fully saturated rings. The van der Waals surface area contributed by atoms with Crippen LogP contribution >= 0.6 is 0 Å². The molecule has 0 aliphatic heterocycles. The number of nitrogens with one attached hydrogen (secondary N) is 1. The molecule has 0 bridgehead atoms. The maximum atomic E-state index is 12.9. The molecule has 2 heterocycles. The highest BCUT2D eigenvalue weighted by Gasteiger charge is 2.08. The van der Waals surface area contributed by atoms with Gasteiger partial charge in [-0.15, -0.1) is 0 Å². The van der Waals surface area contributed by atoms with Gasteiger partial charge in [-0.25, -0.2) is 9.37 Å². The molecular formula is C7H6FN3O. The van der Waals surface area contributed by atoms with Gasteiger partial charge in [0.2, 0.25) is 0 Å². The van der Waals surface area contributed by atoms with Crippen molar-refractivity contribution in [2.24, 2.45) is 7.05 Å². The quantitative estimate of drug-likeness (QED) is 0.617. The Bertz CT molecular complexity index is 485. The SMILES string of the molecule is Cn1cnc2[nH]cc(F)c2c1=O. The number of hydrogen-bond donors (Lipinski definition) is 1. The summed E-state index contributed by atoms with van der Waals surface area (Å²) < 4.78 is 14.1. The van der Waals surface area contributed by atoms with Gasteiger partial charge < -0.3 is 9.55 Å². The van der Waals surface area contributed by atoms with E-state index < -0.39 is 5.82 Å². The Kier molecular flexibility index (Phi) is 1.27. The van der Waals surface area contributed by atoms with E-state index in [2.05, 4.69) is 9.97 Å². The van der Waals surface area contributed by atoms with Gasteiger partial charge in [-0.1, -0.05) is 0 Å². The molecule has 4 nitrogen and oxygen atoms in total. The van der Waals surface area contributed by atoms with Crippen LogP contribution in [-0.2, 0) is 7.05 Å². The number of halogens is 1. The van der Waals surface area contributed by atoms with E-state index in [1.54, 1.807) is 0 Å². The molecule has 0 saturated carbocycles. The summed E-state index contributed by atoms with van der Waals surface area (Å²) in [5.74, 6) is -0.557. The number of hydrogen-bond acceptors (Lipinski definition) is 2. The number of rotatable bonds is 0. The van der Waals surface area contributed by atoms with Crippen LogP contribution in [0.2, 0.25) is 0 Å². The Morgan fingerprint density at radius 1 is 1.67 bits per heavy atom. The second-order valence-electron chi connectivity index (χ2n) is 2.52. The lowest BCUT2D eigenvalue weighted by Crippen LogP contribution is -2.16. The maximum Gasteiger partial charge on any atom is 0.265 e. The van der Waals surface area contributed by atoms with Crippen molar-refractivity contribution in [1.82, 2.24) is 14.5 Å². The van der Waals surface area contributed by atoms with Crippen LogP contribution in [0, 0.1) is 5.82 Å². The zero-order chi connectivity index (χ0) is 8.72. The average molecular weight is 167 g/mol. The lowest BCUT2D eigenvalue weighted by atomic mass is 10.4. The smallest absolute Gasteiger partial charge is 0.265 e. The molecule has 2 aromatic heterocycles. The van der Waals surface area contributed by atoms with E-state index in [0.717, 1.165) is 6.20 Å². The molecule has 0 saturated heterocycles. The summed E-state index contributed by atoms with van der Waals surface area (Å²) in [6.07, 6.45) is 2.47. The van der Waals surface area contributed by atoms with Gasteiger partial charge in [-0.2, -0.15) is 0 Å². The largest absolute Gasteiger partial charge is 0.343 e. The van der Waals surface area contributed by atoms with Gasteiger partial charge in [0, 0.05) is 13.2 Å². The molecule has 1 N–H and O–H groups in total. The van der Waals surface area contributed by atoms with Crippen molar-refractivity contribution < 1.29 is 4.39 Å². The van der Waals surface area contributed by atoms with E-state index in [4.69, 9.17) is 0 Å². The van der Waals surface area contributed by atoms with Crippen LogP contribution in [0.3, 0.4) is 0 Å². The molecule has 12 heavy (non-hydrogen) atoms. The van der Waals surface area contributed by atoms with E-state index in [-0.39, 0.29) is 16.6 Å². The van der Waals surface area contributed by atoms with Crippen molar-refractivity contribution in [3.63, 3.8) is 0 Å². The highest BCUT2D eigenvalue weighted by molar-refractivity contribution is 5.74. The van der Waals surface area contributed by atoms with Crippen molar-refractivity contribution in [3.05, 3.63) is 28.7 Å². The van der Waals surface area contributed by atoms with Crippen molar-refractivity contribution in [2.45, 2.75) is 0 Å². The van der Waals surface area contributed by atoms with E-state index >= 15 is 0 Å². The van der Waals surface area contributed by atoms with Crippen LogP contribution in [0.15, 0.2) is 17.3 Å². The fourth-order valence-electron chi connectivity index (χ4n) is 1.07. The Morgan fingerprint density at radius 3 is 3.17 bits per heavy atom. The number of nitrogens with zero attached hydrogens (tertiary/aromatic N) is 2. The summed E-state index contributed by atoms with van der Waals surface area (Å²) in [6.45, 7) is 0. The van der Waals surface area contributed by atoms with E-state index in [1.165, 1.54) is 17.9 Å². The fraction of sp³-hybridized carbons (Fsp3) is 0.143. The van der Waals surface area contributed by atoms with Crippen LogP contribution in [0.4, 0.5) is 4.39 Å². The molecular weight excluding hydrogens is 161 g/mol. The molecule has 0 aromatic carbocycles. The molecule has 0 radical (unpaired) electrons. The van der Waals surface area contributed by atoms with Crippen LogP contribution < -0.4 is 5.56 Å². The normalized spacial score (nSPS) is 10.8. The minimum atomic E-state index is -0.557.